The summed E-state index contributed by atoms with van der Waals surface area (Å²) in [6.45, 7) is 6.38. The van der Waals surface area contributed by atoms with Crippen LogP contribution >= 0.6 is 0 Å². The Bertz CT molecular complexity index is 586. The van der Waals surface area contributed by atoms with Gasteiger partial charge >= 0.3 is 0 Å². The van der Waals surface area contributed by atoms with Crippen LogP contribution in [0.5, 0.6) is 0 Å². The smallest absolute Gasteiger partial charge is 0.245 e. The maximum absolute atomic E-state index is 13.1. The second-order valence-corrected chi connectivity index (χ2v) is 6.72. The van der Waals surface area contributed by atoms with Crippen LogP contribution in [-0.2, 0) is 9.59 Å². The molecule has 1 saturated heterocycles. The fraction of sp³-hybridized carbons (Fsp3) is 0.579. The van der Waals surface area contributed by atoms with E-state index < -0.39 is 0 Å². The van der Waals surface area contributed by atoms with Gasteiger partial charge in [0.05, 0.1) is 6.54 Å². The fourth-order valence-electron chi connectivity index (χ4n) is 3.18. The molecule has 1 aliphatic heterocycles. The predicted molar refractivity (Wildman–Crippen MR) is 95.7 cm³/mol. The lowest BCUT2D eigenvalue weighted by Crippen LogP contribution is -2.54. The van der Waals surface area contributed by atoms with Gasteiger partial charge in [0.15, 0.2) is 0 Å². The molecule has 132 valence electrons. The monoisotopic (exact) mass is 331 g/mol. The molecule has 5 nitrogen and oxygen atoms in total. The SMILES string of the molecule is CCCCN1CCN(C(=O)C(c2ccccc2C)N(C)C)CC1=O. The van der Waals surface area contributed by atoms with Crippen molar-refractivity contribution < 1.29 is 9.59 Å². The Morgan fingerprint density at radius 2 is 1.96 bits per heavy atom. The van der Waals surface area contributed by atoms with Crippen LogP contribution < -0.4 is 0 Å². The summed E-state index contributed by atoms with van der Waals surface area (Å²) in [6.07, 6.45) is 2.09. The summed E-state index contributed by atoms with van der Waals surface area (Å²) in [5.74, 6) is 0.0723. The Hall–Kier alpha value is -1.88. The fourth-order valence-corrected chi connectivity index (χ4v) is 3.18. The highest BCUT2D eigenvalue weighted by molar-refractivity contribution is 5.89. The Labute approximate surface area is 145 Å². The van der Waals surface area contributed by atoms with Gasteiger partial charge in [0.2, 0.25) is 11.8 Å². The summed E-state index contributed by atoms with van der Waals surface area (Å²) < 4.78 is 0. The average Bonchev–Trinajstić information content (AvgIpc) is 2.55. The predicted octanol–water partition coefficient (Wildman–Crippen LogP) is 2.07. The van der Waals surface area contributed by atoms with E-state index >= 15 is 0 Å². The summed E-state index contributed by atoms with van der Waals surface area (Å²) in [5, 5.41) is 0. The van der Waals surface area contributed by atoms with Crippen LogP contribution in [0.4, 0.5) is 0 Å². The molecule has 0 aromatic heterocycles. The Kier molecular flexibility index (Phi) is 6.37. The highest BCUT2D eigenvalue weighted by atomic mass is 16.2. The Morgan fingerprint density at radius 1 is 1.25 bits per heavy atom. The van der Waals surface area contributed by atoms with E-state index in [2.05, 4.69) is 6.92 Å². The summed E-state index contributed by atoms with van der Waals surface area (Å²) in [5.41, 5.74) is 2.10. The van der Waals surface area contributed by atoms with E-state index in [0.29, 0.717) is 13.1 Å². The van der Waals surface area contributed by atoms with E-state index in [0.717, 1.165) is 30.5 Å². The molecule has 0 spiro atoms. The van der Waals surface area contributed by atoms with E-state index in [1.165, 1.54) is 0 Å². The number of rotatable bonds is 6. The van der Waals surface area contributed by atoms with E-state index in [1.807, 2.05) is 55.1 Å². The summed E-state index contributed by atoms with van der Waals surface area (Å²) in [4.78, 5) is 30.9. The van der Waals surface area contributed by atoms with Crippen LogP contribution in [0.15, 0.2) is 24.3 Å². The number of carbonyl (C=O) groups excluding carboxylic acids is 2. The number of likely N-dealkylation sites (N-methyl/N-ethyl adjacent to an activating group) is 1. The van der Waals surface area contributed by atoms with Crippen LogP contribution in [0, 0.1) is 6.92 Å². The van der Waals surface area contributed by atoms with Crippen LogP contribution in [-0.4, -0.2) is 66.8 Å². The first-order chi connectivity index (χ1) is 11.5. The molecule has 0 aliphatic carbocycles. The normalized spacial score (nSPS) is 16.6. The van der Waals surface area contributed by atoms with E-state index in [9.17, 15) is 9.59 Å². The third-order valence-corrected chi connectivity index (χ3v) is 4.65. The van der Waals surface area contributed by atoms with E-state index in [1.54, 1.807) is 4.90 Å². The van der Waals surface area contributed by atoms with Crippen LogP contribution in [0.3, 0.4) is 0 Å². The van der Waals surface area contributed by atoms with Gasteiger partial charge in [0, 0.05) is 19.6 Å². The molecule has 2 amide bonds. The van der Waals surface area contributed by atoms with Crippen molar-refractivity contribution in [3.8, 4) is 0 Å². The first-order valence-electron chi connectivity index (χ1n) is 8.74. The van der Waals surface area contributed by atoms with Gasteiger partial charge in [-0.2, -0.15) is 0 Å². The quantitative estimate of drug-likeness (QED) is 0.801. The van der Waals surface area contributed by atoms with Gasteiger partial charge in [-0.3, -0.25) is 14.5 Å². The molecule has 1 aromatic carbocycles. The van der Waals surface area contributed by atoms with Crippen LogP contribution in [0.25, 0.3) is 0 Å². The summed E-state index contributed by atoms with van der Waals surface area (Å²) in [7, 11) is 3.82. The first-order valence-corrected chi connectivity index (χ1v) is 8.74. The minimum absolute atomic E-state index is 0.0118. The minimum atomic E-state index is -0.346. The van der Waals surface area contributed by atoms with Gasteiger partial charge in [-0.25, -0.2) is 0 Å². The molecule has 1 fully saturated rings. The number of unbranched alkanes of at least 4 members (excludes halogenated alkanes) is 1. The van der Waals surface area contributed by atoms with Crippen molar-refractivity contribution in [2.75, 3.05) is 40.3 Å². The molecule has 0 radical (unpaired) electrons. The van der Waals surface area contributed by atoms with Gasteiger partial charge in [-0.15, -0.1) is 0 Å². The topological polar surface area (TPSA) is 43.9 Å². The molecule has 0 bridgehead atoms. The average molecular weight is 331 g/mol. The van der Waals surface area contributed by atoms with Crippen molar-refractivity contribution in [1.82, 2.24) is 14.7 Å². The lowest BCUT2D eigenvalue weighted by atomic mass is 9.99. The molecule has 1 heterocycles. The molecule has 2 rings (SSSR count). The molecule has 1 aliphatic rings. The Balaban J connectivity index is 2.12. The lowest BCUT2D eigenvalue weighted by molar-refractivity contribution is -0.148. The second-order valence-electron chi connectivity index (χ2n) is 6.72. The van der Waals surface area contributed by atoms with Crippen molar-refractivity contribution in [1.29, 1.82) is 0 Å². The number of hydrogen-bond acceptors (Lipinski definition) is 3. The highest BCUT2D eigenvalue weighted by Crippen LogP contribution is 2.24. The maximum Gasteiger partial charge on any atom is 0.245 e. The van der Waals surface area contributed by atoms with Gasteiger partial charge < -0.3 is 9.80 Å². The van der Waals surface area contributed by atoms with Crippen molar-refractivity contribution in [3.05, 3.63) is 35.4 Å². The molecule has 0 N–H and O–H groups in total. The Morgan fingerprint density at radius 3 is 2.54 bits per heavy atom. The van der Waals surface area contributed by atoms with Crippen molar-refractivity contribution in [2.45, 2.75) is 32.7 Å². The number of nitrogens with zero attached hydrogens (tertiary/aromatic N) is 3. The molecule has 1 unspecified atom stereocenters. The number of hydrogen-bond donors (Lipinski definition) is 0. The zero-order chi connectivity index (χ0) is 17.7. The number of aryl methyl sites for hydroxylation is 1. The summed E-state index contributed by atoms with van der Waals surface area (Å²) in [6, 6.07) is 7.61. The molecule has 1 aromatic rings. The van der Waals surface area contributed by atoms with Crippen molar-refractivity contribution in [2.24, 2.45) is 0 Å². The van der Waals surface area contributed by atoms with Crippen LogP contribution in [0.2, 0.25) is 0 Å². The van der Waals surface area contributed by atoms with Crippen LogP contribution in [0.1, 0.15) is 36.9 Å². The van der Waals surface area contributed by atoms with Gasteiger partial charge in [0.25, 0.3) is 0 Å². The molecule has 24 heavy (non-hydrogen) atoms. The van der Waals surface area contributed by atoms with Crippen molar-refractivity contribution >= 4 is 11.8 Å². The molecular weight excluding hydrogens is 302 g/mol. The van der Waals surface area contributed by atoms with Crippen molar-refractivity contribution in [3.63, 3.8) is 0 Å². The third kappa shape index (κ3) is 4.15. The largest absolute Gasteiger partial charge is 0.339 e. The number of benzene rings is 1. The highest BCUT2D eigenvalue weighted by Gasteiger charge is 2.33. The van der Waals surface area contributed by atoms with Gasteiger partial charge in [-0.1, -0.05) is 37.6 Å². The molecular formula is C19H29N3O2. The standard InChI is InChI=1S/C19H29N3O2/c1-5-6-11-21-12-13-22(14-17(21)23)19(24)18(20(3)4)16-10-8-7-9-15(16)2/h7-10,18H,5-6,11-14H2,1-4H3. The number of piperazine rings is 1. The number of amides is 2. The maximum atomic E-state index is 13.1. The minimum Gasteiger partial charge on any atom is -0.339 e. The van der Waals surface area contributed by atoms with E-state index in [-0.39, 0.29) is 24.4 Å². The second kappa shape index (κ2) is 8.29. The first kappa shape index (κ1) is 18.5. The zero-order valence-electron chi connectivity index (χ0n) is 15.3. The van der Waals surface area contributed by atoms with Gasteiger partial charge in [-0.05, 0) is 38.6 Å². The number of carbonyl (C=O) groups is 2. The summed E-state index contributed by atoms with van der Waals surface area (Å²) >= 11 is 0. The molecule has 0 saturated carbocycles. The zero-order valence-corrected chi connectivity index (χ0v) is 15.3. The van der Waals surface area contributed by atoms with Gasteiger partial charge in [0.1, 0.15) is 6.04 Å². The van der Waals surface area contributed by atoms with E-state index in [4.69, 9.17) is 0 Å². The lowest BCUT2D eigenvalue weighted by Gasteiger charge is -2.37. The third-order valence-electron chi connectivity index (χ3n) is 4.65. The molecule has 1 atom stereocenters. The molecule has 5 heteroatoms.